The minimum absolute atomic E-state index is 0.0191. The first kappa shape index (κ1) is 16.2. The molecule has 0 saturated carbocycles. The van der Waals surface area contributed by atoms with Gasteiger partial charge in [-0.3, -0.25) is 0 Å². The Kier molecular flexibility index (Phi) is 5.22. The van der Waals surface area contributed by atoms with Crippen LogP contribution in [0.4, 0.5) is 0 Å². The van der Waals surface area contributed by atoms with Gasteiger partial charge in [-0.25, -0.2) is 4.98 Å². The molecule has 1 atom stereocenters. The normalized spacial score (nSPS) is 20.5. The molecule has 1 aromatic rings. The first-order valence-corrected chi connectivity index (χ1v) is 7.85. The van der Waals surface area contributed by atoms with Gasteiger partial charge < -0.3 is 14.7 Å². The lowest BCUT2D eigenvalue weighted by Crippen LogP contribution is -2.40. The Labute approximate surface area is 128 Å². The number of aliphatic hydroxyl groups is 1. The highest BCUT2D eigenvalue weighted by Gasteiger charge is 2.21. The van der Waals surface area contributed by atoms with Crippen LogP contribution in [0.2, 0.25) is 0 Å². The van der Waals surface area contributed by atoms with Crippen LogP contribution < -0.4 is 4.74 Å². The monoisotopic (exact) mass is 292 g/mol. The fourth-order valence-electron chi connectivity index (χ4n) is 2.64. The average molecular weight is 292 g/mol. The van der Waals surface area contributed by atoms with E-state index in [0.717, 1.165) is 17.8 Å². The maximum atomic E-state index is 9.42. The van der Waals surface area contributed by atoms with E-state index in [1.165, 1.54) is 19.3 Å². The number of hydrogen-bond donors (Lipinski definition) is 1. The molecule has 2 rings (SSSR count). The molecular formula is C17H28N2O2. The molecule has 1 aliphatic rings. The van der Waals surface area contributed by atoms with E-state index in [4.69, 9.17) is 4.74 Å². The Balaban J connectivity index is 2.08. The molecule has 4 nitrogen and oxygen atoms in total. The van der Waals surface area contributed by atoms with E-state index in [2.05, 4.69) is 37.7 Å². The molecule has 0 aromatic carbocycles. The van der Waals surface area contributed by atoms with Crippen LogP contribution in [0, 0.1) is 0 Å². The Morgan fingerprint density at radius 3 is 2.71 bits per heavy atom. The van der Waals surface area contributed by atoms with Crippen molar-refractivity contribution in [2.24, 2.45) is 0 Å². The summed E-state index contributed by atoms with van der Waals surface area (Å²) in [6.07, 6.45) is 3.73. The molecular weight excluding hydrogens is 264 g/mol. The Morgan fingerprint density at radius 1 is 1.33 bits per heavy atom. The largest absolute Gasteiger partial charge is 0.476 e. The molecule has 21 heavy (non-hydrogen) atoms. The predicted molar refractivity (Wildman–Crippen MR) is 84.6 cm³/mol. The SMILES string of the molecule is CN1CCCCC1COc1cc(CO)cc(C(C)(C)C)n1. The van der Waals surface area contributed by atoms with E-state index in [-0.39, 0.29) is 12.0 Å². The Bertz CT molecular complexity index is 468. The lowest BCUT2D eigenvalue weighted by Gasteiger charge is -2.32. The lowest BCUT2D eigenvalue weighted by molar-refractivity contribution is 0.122. The highest BCUT2D eigenvalue weighted by atomic mass is 16.5. The standard InChI is InChI=1S/C17H28N2O2/c1-17(2,3)15-9-13(11-20)10-16(18-15)21-12-14-7-5-6-8-19(14)4/h9-10,14,20H,5-8,11-12H2,1-4H3. The second kappa shape index (κ2) is 6.75. The molecule has 118 valence electrons. The van der Waals surface area contributed by atoms with Crippen molar-refractivity contribution in [1.82, 2.24) is 9.88 Å². The van der Waals surface area contributed by atoms with Crippen LogP contribution in [-0.4, -0.2) is 41.2 Å². The van der Waals surface area contributed by atoms with Crippen LogP contribution in [0.1, 0.15) is 51.3 Å². The number of likely N-dealkylation sites (N-methyl/N-ethyl adjacent to an activating group) is 1. The van der Waals surface area contributed by atoms with Gasteiger partial charge in [0.1, 0.15) is 6.61 Å². The van der Waals surface area contributed by atoms with Gasteiger partial charge in [-0.2, -0.15) is 0 Å². The molecule has 0 aliphatic carbocycles. The molecule has 4 heteroatoms. The van der Waals surface area contributed by atoms with Gasteiger partial charge in [-0.05, 0) is 38.1 Å². The van der Waals surface area contributed by atoms with E-state index in [0.29, 0.717) is 18.5 Å². The van der Waals surface area contributed by atoms with Crippen LogP contribution in [0.3, 0.4) is 0 Å². The minimum atomic E-state index is -0.0507. The van der Waals surface area contributed by atoms with Gasteiger partial charge in [0.05, 0.1) is 12.3 Å². The number of aliphatic hydroxyl groups excluding tert-OH is 1. The summed E-state index contributed by atoms with van der Waals surface area (Å²) in [4.78, 5) is 6.98. The van der Waals surface area contributed by atoms with E-state index in [9.17, 15) is 5.11 Å². The van der Waals surface area contributed by atoms with Gasteiger partial charge in [0.2, 0.25) is 5.88 Å². The van der Waals surface area contributed by atoms with E-state index in [1.807, 2.05) is 12.1 Å². The van der Waals surface area contributed by atoms with Crippen LogP contribution in [-0.2, 0) is 12.0 Å². The average Bonchev–Trinajstić information content (AvgIpc) is 2.45. The Hall–Kier alpha value is -1.13. The van der Waals surface area contributed by atoms with Crippen molar-refractivity contribution in [3.05, 3.63) is 23.4 Å². The van der Waals surface area contributed by atoms with Gasteiger partial charge in [-0.15, -0.1) is 0 Å². The first-order chi connectivity index (χ1) is 9.90. The summed E-state index contributed by atoms with van der Waals surface area (Å²) in [7, 11) is 2.16. The third-order valence-electron chi connectivity index (χ3n) is 4.16. The summed E-state index contributed by atoms with van der Waals surface area (Å²) in [5.41, 5.74) is 1.77. The summed E-state index contributed by atoms with van der Waals surface area (Å²) in [6.45, 7) is 8.19. The van der Waals surface area contributed by atoms with Crippen molar-refractivity contribution in [3.8, 4) is 5.88 Å². The molecule has 1 fully saturated rings. The molecule has 1 N–H and O–H groups in total. The molecule has 1 saturated heterocycles. The highest BCUT2D eigenvalue weighted by Crippen LogP contribution is 2.25. The maximum Gasteiger partial charge on any atom is 0.213 e. The van der Waals surface area contributed by atoms with Gasteiger partial charge in [0.25, 0.3) is 0 Å². The molecule has 2 heterocycles. The zero-order valence-electron chi connectivity index (χ0n) is 13.7. The van der Waals surface area contributed by atoms with Crippen molar-refractivity contribution in [3.63, 3.8) is 0 Å². The summed E-state index contributed by atoms with van der Waals surface area (Å²) in [5, 5.41) is 9.42. The number of hydrogen-bond acceptors (Lipinski definition) is 4. The van der Waals surface area contributed by atoms with E-state index in [1.54, 1.807) is 0 Å². The van der Waals surface area contributed by atoms with Gasteiger partial charge >= 0.3 is 0 Å². The maximum absolute atomic E-state index is 9.42. The van der Waals surface area contributed by atoms with Crippen LogP contribution >= 0.6 is 0 Å². The summed E-state index contributed by atoms with van der Waals surface area (Å²) in [5.74, 6) is 0.630. The number of likely N-dealkylation sites (tertiary alicyclic amines) is 1. The molecule has 0 spiro atoms. The number of pyridine rings is 1. The number of nitrogens with zero attached hydrogens (tertiary/aromatic N) is 2. The topological polar surface area (TPSA) is 45.6 Å². The summed E-state index contributed by atoms with van der Waals surface area (Å²) in [6, 6.07) is 4.27. The van der Waals surface area contributed by atoms with Crippen molar-refractivity contribution in [1.29, 1.82) is 0 Å². The zero-order chi connectivity index (χ0) is 15.5. The van der Waals surface area contributed by atoms with Crippen LogP contribution in [0.15, 0.2) is 12.1 Å². The first-order valence-electron chi connectivity index (χ1n) is 7.85. The van der Waals surface area contributed by atoms with Crippen LogP contribution in [0.25, 0.3) is 0 Å². The van der Waals surface area contributed by atoms with Crippen molar-refractivity contribution in [2.75, 3.05) is 20.2 Å². The molecule has 0 radical (unpaired) electrons. The molecule has 0 amide bonds. The summed E-state index contributed by atoms with van der Waals surface area (Å²) >= 11 is 0. The van der Waals surface area contributed by atoms with Crippen molar-refractivity contribution < 1.29 is 9.84 Å². The van der Waals surface area contributed by atoms with Gasteiger partial charge in [-0.1, -0.05) is 27.2 Å². The molecule has 1 aromatic heterocycles. The summed E-state index contributed by atoms with van der Waals surface area (Å²) < 4.78 is 5.93. The lowest BCUT2D eigenvalue weighted by atomic mass is 9.91. The quantitative estimate of drug-likeness (QED) is 0.927. The number of ether oxygens (including phenoxy) is 1. The fourth-order valence-corrected chi connectivity index (χ4v) is 2.64. The smallest absolute Gasteiger partial charge is 0.213 e. The van der Waals surface area contributed by atoms with Crippen molar-refractivity contribution >= 4 is 0 Å². The minimum Gasteiger partial charge on any atom is -0.476 e. The number of piperidine rings is 1. The zero-order valence-corrected chi connectivity index (χ0v) is 13.7. The van der Waals surface area contributed by atoms with Gasteiger partial charge in [0, 0.05) is 17.5 Å². The third-order valence-corrected chi connectivity index (χ3v) is 4.16. The second-order valence-corrected chi connectivity index (χ2v) is 7.05. The third kappa shape index (κ3) is 4.42. The van der Waals surface area contributed by atoms with E-state index < -0.39 is 0 Å². The van der Waals surface area contributed by atoms with Crippen molar-refractivity contribution in [2.45, 2.75) is 58.1 Å². The van der Waals surface area contributed by atoms with E-state index >= 15 is 0 Å². The van der Waals surface area contributed by atoms with Gasteiger partial charge in [0.15, 0.2) is 0 Å². The fraction of sp³-hybridized carbons (Fsp3) is 0.706. The second-order valence-electron chi connectivity index (χ2n) is 7.05. The Morgan fingerprint density at radius 2 is 2.10 bits per heavy atom. The predicted octanol–water partition coefficient (Wildman–Crippen LogP) is 2.73. The number of rotatable bonds is 4. The molecule has 0 bridgehead atoms. The molecule has 1 aliphatic heterocycles. The van der Waals surface area contributed by atoms with Crippen LogP contribution in [0.5, 0.6) is 5.88 Å². The highest BCUT2D eigenvalue weighted by molar-refractivity contribution is 5.28. The number of aromatic nitrogens is 1. The molecule has 1 unspecified atom stereocenters.